The van der Waals surface area contributed by atoms with Crippen LogP contribution in [0.1, 0.15) is 32.4 Å². The maximum absolute atomic E-state index is 11.9. The number of carbonyl (C=O) groups excluding carboxylic acids is 1. The molecule has 1 atom stereocenters. The molecule has 0 aliphatic heterocycles. The van der Waals surface area contributed by atoms with Gasteiger partial charge < -0.3 is 10.1 Å². The van der Waals surface area contributed by atoms with Gasteiger partial charge in [0, 0.05) is 0 Å². The Bertz CT molecular complexity index is 583. The zero-order valence-electron chi connectivity index (χ0n) is 12.4. The highest BCUT2D eigenvalue weighted by atomic mass is 16.5. The van der Waals surface area contributed by atoms with Crippen LogP contribution in [0.2, 0.25) is 0 Å². The first-order valence-corrected chi connectivity index (χ1v) is 6.81. The van der Waals surface area contributed by atoms with Crippen LogP contribution in [0.5, 0.6) is 5.75 Å². The molecule has 0 radical (unpaired) electrons. The normalized spacial score (nSPS) is 12.2. The first kappa shape index (κ1) is 15.0. The average Bonchev–Trinajstić information content (AvgIpc) is 2.90. The number of hydrogen-bond acceptors (Lipinski definition) is 5. The molecule has 1 heterocycles. The molecule has 7 heteroatoms. The fraction of sp³-hybridized carbons (Fsp3) is 0.429. The summed E-state index contributed by atoms with van der Waals surface area (Å²) < 4.78 is 7.03. The summed E-state index contributed by atoms with van der Waals surface area (Å²) in [5.41, 5.74) is 0.984. The van der Waals surface area contributed by atoms with Crippen LogP contribution in [0.4, 0.5) is 0 Å². The van der Waals surface area contributed by atoms with E-state index in [1.807, 2.05) is 45.0 Å². The molecule has 7 nitrogen and oxygen atoms in total. The van der Waals surface area contributed by atoms with Crippen LogP contribution in [0.15, 0.2) is 30.6 Å². The molecular formula is C14H19N5O2. The topological polar surface area (TPSA) is 81.9 Å². The van der Waals surface area contributed by atoms with E-state index in [1.54, 1.807) is 0 Å². The summed E-state index contributed by atoms with van der Waals surface area (Å²) in [7, 11) is 0. The highest BCUT2D eigenvalue weighted by Crippen LogP contribution is 2.20. The molecule has 0 saturated carbocycles. The first-order chi connectivity index (χ1) is 10.0. The molecule has 0 fully saturated rings. The van der Waals surface area contributed by atoms with Crippen molar-refractivity contribution in [2.75, 3.05) is 0 Å². The summed E-state index contributed by atoms with van der Waals surface area (Å²) in [5.74, 6) is 0.647. The molecule has 1 aromatic heterocycles. The van der Waals surface area contributed by atoms with Gasteiger partial charge in [0.2, 0.25) is 5.91 Å². The lowest BCUT2D eigenvalue weighted by Gasteiger charge is -2.16. The molecule has 0 bridgehead atoms. The Kier molecular flexibility index (Phi) is 4.86. The van der Waals surface area contributed by atoms with E-state index in [0.29, 0.717) is 0 Å². The lowest BCUT2D eigenvalue weighted by molar-refractivity contribution is -0.122. The van der Waals surface area contributed by atoms with Crippen LogP contribution in [0.25, 0.3) is 0 Å². The second kappa shape index (κ2) is 6.83. The molecule has 0 spiro atoms. The zero-order valence-corrected chi connectivity index (χ0v) is 12.4. The number of hydrogen-bond donors (Lipinski definition) is 1. The van der Waals surface area contributed by atoms with Gasteiger partial charge in [-0.3, -0.25) is 4.79 Å². The van der Waals surface area contributed by atoms with Gasteiger partial charge in [-0.15, -0.1) is 5.10 Å². The van der Waals surface area contributed by atoms with Gasteiger partial charge in [0.15, 0.2) is 0 Å². The molecule has 2 aromatic rings. The van der Waals surface area contributed by atoms with Gasteiger partial charge in [-0.05, 0) is 48.9 Å². The van der Waals surface area contributed by atoms with Gasteiger partial charge in [0.1, 0.15) is 18.6 Å². The largest absolute Gasteiger partial charge is 0.491 e. The zero-order chi connectivity index (χ0) is 15.2. The Balaban J connectivity index is 1.96. The predicted octanol–water partition coefficient (Wildman–Crippen LogP) is 1.34. The smallest absolute Gasteiger partial charge is 0.242 e. The van der Waals surface area contributed by atoms with E-state index < -0.39 is 0 Å². The number of nitrogens with zero attached hydrogens (tertiary/aromatic N) is 4. The first-order valence-electron chi connectivity index (χ1n) is 6.81. The van der Waals surface area contributed by atoms with Crippen LogP contribution in [0, 0.1) is 0 Å². The standard InChI is InChI=1S/C14H19N5O2/c1-10(2)21-13-6-4-5-12(7-13)11(3)16-14(20)8-19-9-15-17-18-19/h4-7,9-11H,8H2,1-3H3,(H,16,20). The van der Waals surface area contributed by atoms with Crippen molar-refractivity contribution < 1.29 is 9.53 Å². The van der Waals surface area contributed by atoms with Crippen LogP contribution in [-0.4, -0.2) is 32.2 Å². The number of ether oxygens (including phenoxy) is 1. The van der Waals surface area contributed by atoms with Crippen LogP contribution < -0.4 is 10.1 Å². The SMILES string of the molecule is CC(C)Oc1cccc(C(C)NC(=O)Cn2cnnn2)c1. The molecule has 112 valence electrons. The molecular weight excluding hydrogens is 270 g/mol. The second-order valence-corrected chi connectivity index (χ2v) is 5.04. The number of amides is 1. The Hall–Kier alpha value is -2.44. The number of nitrogens with one attached hydrogen (secondary N) is 1. The maximum Gasteiger partial charge on any atom is 0.242 e. The van der Waals surface area contributed by atoms with Gasteiger partial charge in [-0.25, -0.2) is 4.68 Å². The Morgan fingerprint density at radius 1 is 1.38 bits per heavy atom. The Morgan fingerprint density at radius 2 is 2.19 bits per heavy atom. The van der Waals surface area contributed by atoms with E-state index in [0.717, 1.165) is 11.3 Å². The van der Waals surface area contributed by atoms with Crippen molar-refractivity contribution in [2.45, 2.75) is 39.5 Å². The summed E-state index contributed by atoms with van der Waals surface area (Å²) in [6.07, 6.45) is 1.52. The number of rotatable bonds is 6. The van der Waals surface area contributed by atoms with E-state index in [2.05, 4.69) is 20.8 Å². The molecule has 1 N–H and O–H groups in total. The Morgan fingerprint density at radius 3 is 2.86 bits per heavy atom. The van der Waals surface area contributed by atoms with Crippen molar-refractivity contribution in [2.24, 2.45) is 0 Å². The van der Waals surface area contributed by atoms with Crippen molar-refractivity contribution >= 4 is 5.91 Å². The minimum absolute atomic E-state index is 0.0968. The summed E-state index contributed by atoms with van der Waals surface area (Å²) in [6.45, 7) is 5.97. The van der Waals surface area contributed by atoms with Crippen molar-refractivity contribution in [3.05, 3.63) is 36.2 Å². The van der Waals surface area contributed by atoms with Crippen molar-refractivity contribution in [3.8, 4) is 5.75 Å². The molecule has 21 heavy (non-hydrogen) atoms. The lowest BCUT2D eigenvalue weighted by Crippen LogP contribution is -2.30. The summed E-state index contributed by atoms with van der Waals surface area (Å²) in [4.78, 5) is 11.9. The maximum atomic E-state index is 11.9. The highest BCUT2D eigenvalue weighted by molar-refractivity contribution is 5.76. The number of benzene rings is 1. The van der Waals surface area contributed by atoms with E-state index in [9.17, 15) is 4.79 Å². The molecule has 1 aromatic carbocycles. The van der Waals surface area contributed by atoms with E-state index in [-0.39, 0.29) is 24.6 Å². The van der Waals surface area contributed by atoms with E-state index >= 15 is 0 Å². The average molecular weight is 289 g/mol. The quantitative estimate of drug-likeness (QED) is 0.867. The summed E-state index contributed by atoms with van der Waals surface area (Å²) in [6, 6.07) is 7.58. The molecule has 0 saturated heterocycles. The molecule has 2 rings (SSSR count). The fourth-order valence-electron chi connectivity index (χ4n) is 1.90. The third kappa shape index (κ3) is 4.55. The van der Waals surface area contributed by atoms with Crippen LogP contribution in [-0.2, 0) is 11.3 Å². The van der Waals surface area contributed by atoms with Gasteiger partial charge in [-0.1, -0.05) is 12.1 Å². The van der Waals surface area contributed by atoms with Crippen molar-refractivity contribution in [1.29, 1.82) is 0 Å². The monoisotopic (exact) mass is 289 g/mol. The Labute approximate surface area is 123 Å². The van der Waals surface area contributed by atoms with Gasteiger partial charge in [0.25, 0.3) is 0 Å². The molecule has 1 unspecified atom stereocenters. The fourth-order valence-corrected chi connectivity index (χ4v) is 1.90. The minimum Gasteiger partial charge on any atom is -0.491 e. The van der Waals surface area contributed by atoms with Gasteiger partial charge in [-0.2, -0.15) is 0 Å². The van der Waals surface area contributed by atoms with Crippen molar-refractivity contribution in [1.82, 2.24) is 25.5 Å². The van der Waals surface area contributed by atoms with E-state index in [1.165, 1.54) is 11.0 Å². The third-order valence-corrected chi connectivity index (χ3v) is 2.80. The van der Waals surface area contributed by atoms with Gasteiger partial charge >= 0.3 is 0 Å². The third-order valence-electron chi connectivity index (χ3n) is 2.80. The minimum atomic E-state index is -0.148. The number of carbonyl (C=O) groups is 1. The lowest BCUT2D eigenvalue weighted by atomic mass is 10.1. The predicted molar refractivity (Wildman–Crippen MR) is 76.6 cm³/mol. The summed E-state index contributed by atoms with van der Waals surface area (Å²) in [5, 5.41) is 13.5. The molecule has 0 aliphatic carbocycles. The highest BCUT2D eigenvalue weighted by Gasteiger charge is 2.11. The molecule has 0 aliphatic rings. The van der Waals surface area contributed by atoms with Crippen LogP contribution in [0.3, 0.4) is 0 Å². The number of tetrazole rings is 1. The molecule has 1 amide bonds. The van der Waals surface area contributed by atoms with Crippen molar-refractivity contribution in [3.63, 3.8) is 0 Å². The second-order valence-electron chi connectivity index (χ2n) is 5.04. The van der Waals surface area contributed by atoms with Crippen LogP contribution >= 0.6 is 0 Å². The number of aromatic nitrogens is 4. The summed E-state index contributed by atoms with van der Waals surface area (Å²) >= 11 is 0. The van der Waals surface area contributed by atoms with E-state index in [4.69, 9.17) is 4.74 Å². The van der Waals surface area contributed by atoms with Gasteiger partial charge in [0.05, 0.1) is 12.1 Å².